The average molecular weight is 493 g/mol. The predicted octanol–water partition coefficient (Wildman–Crippen LogP) is 1.63. The predicted molar refractivity (Wildman–Crippen MR) is 128 cm³/mol. The van der Waals surface area contributed by atoms with Crippen LogP contribution in [0.2, 0.25) is 0 Å². The van der Waals surface area contributed by atoms with E-state index in [9.17, 15) is 13.2 Å². The average Bonchev–Trinajstić information content (AvgIpc) is 3.46. The van der Waals surface area contributed by atoms with Gasteiger partial charge in [0.1, 0.15) is 5.82 Å². The number of aryl methyl sites for hydroxylation is 1. The topological polar surface area (TPSA) is 139 Å². The maximum Gasteiger partial charge on any atom is 0.276 e. The van der Waals surface area contributed by atoms with Gasteiger partial charge in [0, 0.05) is 49.4 Å². The van der Waals surface area contributed by atoms with Crippen molar-refractivity contribution >= 4 is 44.6 Å². The number of nitrogens with zero attached hydrogens (tertiary/aromatic N) is 6. The summed E-state index contributed by atoms with van der Waals surface area (Å²) in [6.07, 6.45) is 4.52. The summed E-state index contributed by atoms with van der Waals surface area (Å²) in [4.78, 5) is 21.7. The van der Waals surface area contributed by atoms with Gasteiger partial charge in [-0.25, -0.2) is 17.9 Å². The molecule has 0 unspecified atom stereocenters. The Labute approximate surface area is 196 Å². The van der Waals surface area contributed by atoms with Crippen molar-refractivity contribution < 1.29 is 13.2 Å². The number of aromatic nitrogens is 4. The molecule has 0 radical (unpaired) electrons. The van der Waals surface area contributed by atoms with Crippen LogP contribution in [0.1, 0.15) is 47.6 Å². The Morgan fingerprint density at radius 1 is 1.45 bits per heavy atom. The Morgan fingerprint density at radius 2 is 2.21 bits per heavy atom. The van der Waals surface area contributed by atoms with Crippen LogP contribution < -0.4 is 15.4 Å². The van der Waals surface area contributed by atoms with Gasteiger partial charge in [0.2, 0.25) is 10.0 Å². The molecule has 0 bridgehead atoms. The van der Waals surface area contributed by atoms with Gasteiger partial charge in [0.25, 0.3) is 5.91 Å². The molecule has 3 aromatic rings. The highest BCUT2D eigenvalue weighted by Gasteiger charge is 2.28. The van der Waals surface area contributed by atoms with Gasteiger partial charge >= 0.3 is 0 Å². The van der Waals surface area contributed by atoms with Crippen molar-refractivity contribution in [3.8, 4) is 0 Å². The molecule has 0 aromatic carbocycles. The van der Waals surface area contributed by atoms with E-state index in [2.05, 4.69) is 19.1 Å². The molecule has 13 heteroatoms. The van der Waals surface area contributed by atoms with E-state index in [1.54, 1.807) is 11.6 Å². The quantitative estimate of drug-likeness (QED) is 0.507. The third-order valence-corrected chi connectivity index (χ3v) is 6.95. The molecular formula is C20H28N8O3S2. The number of hydrogen-bond donors (Lipinski definition) is 2. The van der Waals surface area contributed by atoms with Crippen LogP contribution in [0.5, 0.6) is 0 Å². The van der Waals surface area contributed by atoms with E-state index in [4.69, 9.17) is 10.7 Å². The largest absolute Gasteiger partial charge is 0.355 e. The minimum Gasteiger partial charge on any atom is -0.355 e. The van der Waals surface area contributed by atoms with E-state index in [0.29, 0.717) is 17.8 Å². The van der Waals surface area contributed by atoms with Crippen LogP contribution in [0.3, 0.4) is 0 Å². The number of sulfonamides is 1. The molecule has 3 N–H and O–H groups in total. The van der Waals surface area contributed by atoms with Crippen molar-refractivity contribution in [3.05, 3.63) is 34.6 Å². The smallest absolute Gasteiger partial charge is 0.276 e. The Balaban J connectivity index is 1.62. The second-order valence-electron chi connectivity index (χ2n) is 8.41. The molecule has 1 amide bonds. The number of carbonyl (C=O) groups excluding carboxylic acids is 1. The third-order valence-electron chi connectivity index (χ3n) is 5.73. The normalized spacial score (nSPS) is 17.5. The monoisotopic (exact) mass is 492 g/mol. The van der Waals surface area contributed by atoms with Gasteiger partial charge in [0.05, 0.1) is 23.7 Å². The van der Waals surface area contributed by atoms with Crippen LogP contribution in [0.15, 0.2) is 17.6 Å². The number of nitrogens with one attached hydrogen (secondary N) is 1. The number of anilines is 2. The van der Waals surface area contributed by atoms with Gasteiger partial charge in [-0.05, 0) is 31.3 Å². The van der Waals surface area contributed by atoms with Crippen molar-refractivity contribution in [1.82, 2.24) is 23.9 Å². The lowest BCUT2D eigenvalue weighted by Crippen LogP contribution is -2.32. The van der Waals surface area contributed by atoms with Gasteiger partial charge in [0.15, 0.2) is 11.3 Å². The van der Waals surface area contributed by atoms with Crippen LogP contribution in [0.4, 0.5) is 11.5 Å². The molecule has 178 valence electrons. The molecule has 11 nitrogen and oxygen atoms in total. The summed E-state index contributed by atoms with van der Waals surface area (Å²) in [5.41, 5.74) is 8.70. The molecule has 1 fully saturated rings. The summed E-state index contributed by atoms with van der Waals surface area (Å²) >= 11 is 1.02. The fourth-order valence-electron chi connectivity index (χ4n) is 4.13. The van der Waals surface area contributed by atoms with Crippen LogP contribution in [-0.2, 0) is 10.0 Å². The van der Waals surface area contributed by atoms with Gasteiger partial charge in [-0.3, -0.25) is 9.52 Å². The maximum absolute atomic E-state index is 13.2. The Bertz CT molecular complexity index is 1290. The zero-order valence-corrected chi connectivity index (χ0v) is 20.7. The van der Waals surface area contributed by atoms with Crippen LogP contribution in [-0.4, -0.2) is 70.6 Å². The molecule has 2 atom stereocenters. The molecule has 4 heterocycles. The zero-order valence-electron chi connectivity index (χ0n) is 19.0. The number of hydrogen-bond acceptors (Lipinski definition) is 9. The van der Waals surface area contributed by atoms with E-state index < -0.39 is 10.0 Å². The van der Waals surface area contributed by atoms with E-state index >= 15 is 0 Å². The lowest BCUT2D eigenvalue weighted by atomic mass is 10.1. The first-order valence-corrected chi connectivity index (χ1v) is 13.4. The highest BCUT2D eigenvalue weighted by Crippen LogP contribution is 2.29. The lowest BCUT2D eigenvalue weighted by Gasteiger charge is -2.25. The third kappa shape index (κ3) is 4.80. The van der Waals surface area contributed by atoms with E-state index in [1.165, 1.54) is 10.3 Å². The fourth-order valence-corrected chi connectivity index (χ4v) is 5.38. The molecule has 4 rings (SSSR count). The molecule has 1 saturated heterocycles. The number of rotatable bonds is 7. The number of nitrogens with two attached hydrogens (primary N) is 1. The van der Waals surface area contributed by atoms with E-state index in [0.717, 1.165) is 48.7 Å². The van der Waals surface area contributed by atoms with E-state index in [-0.39, 0.29) is 29.4 Å². The first-order valence-electron chi connectivity index (χ1n) is 10.6. The van der Waals surface area contributed by atoms with Crippen molar-refractivity contribution in [2.24, 2.45) is 5.73 Å². The summed E-state index contributed by atoms with van der Waals surface area (Å²) in [7, 11) is -1.87. The Kier molecular flexibility index (Phi) is 6.29. The van der Waals surface area contributed by atoms with Crippen molar-refractivity contribution in [1.29, 1.82) is 0 Å². The van der Waals surface area contributed by atoms with E-state index in [1.807, 2.05) is 26.1 Å². The molecule has 0 saturated carbocycles. The van der Waals surface area contributed by atoms with Crippen LogP contribution >= 0.6 is 11.5 Å². The SMILES string of the molecule is CC[C@@H](c1cc2nc(N3CC[C@H](N)C3)c(C)cn2n1)N(C)C(=O)c1nscc1NS(C)(=O)=O. The standard InChI is InChI=1S/C20H28N8O3S2/c1-5-16(26(3)20(29)18-15(11-32-24-18)25-33(4,30)31)14-8-17-22-19(12(2)9-28(17)23-14)27-7-6-13(21)10-27/h8-9,11,13,16,25H,5-7,10,21H2,1-4H3/t13-,16-/m0/s1. The molecule has 1 aliphatic heterocycles. The lowest BCUT2D eigenvalue weighted by molar-refractivity contribution is 0.0719. The molecule has 0 aliphatic carbocycles. The summed E-state index contributed by atoms with van der Waals surface area (Å²) in [6.45, 7) is 5.61. The molecule has 33 heavy (non-hydrogen) atoms. The van der Waals surface area contributed by atoms with Gasteiger partial charge in [-0.2, -0.15) is 9.47 Å². The first kappa shape index (κ1) is 23.4. The number of amides is 1. The second kappa shape index (κ2) is 8.88. The van der Waals surface area contributed by atoms with Crippen molar-refractivity contribution in [2.45, 2.75) is 38.8 Å². The minimum absolute atomic E-state index is 0.0665. The number of fused-ring (bicyclic) bond motifs is 1. The minimum atomic E-state index is -3.53. The van der Waals surface area contributed by atoms with Crippen LogP contribution in [0.25, 0.3) is 5.65 Å². The summed E-state index contributed by atoms with van der Waals surface area (Å²) < 4.78 is 31.5. The number of carbonyl (C=O) groups is 1. The Morgan fingerprint density at radius 3 is 2.85 bits per heavy atom. The molecule has 0 spiro atoms. The maximum atomic E-state index is 13.2. The summed E-state index contributed by atoms with van der Waals surface area (Å²) in [5.74, 6) is 0.514. The highest BCUT2D eigenvalue weighted by molar-refractivity contribution is 7.92. The van der Waals surface area contributed by atoms with Crippen LogP contribution in [0, 0.1) is 6.92 Å². The Hall–Kier alpha value is -2.77. The van der Waals surface area contributed by atoms with Gasteiger partial charge < -0.3 is 15.5 Å². The zero-order chi connectivity index (χ0) is 23.9. The van der Waals surface area contributed by atoms with Crippen molar-refractivity contribution in [3.63, 3.8) is 0 Å². The molecule has 1 aliphatic rings. The second-order valence-corrected chi connectivity index (χ2v) is 10.8. The highest BCUT2D eigenvalue weighted by atomic mass is 32.2. The van der Waals surface area contributed by atoms with Gasteiger partial charge in [-0.15, -0.1) is 0 Å². The fraction of sp³-hybridized carbons (Fsp3) is 0.500. The van der Waals surface area contributed by atoms with Gasteiger partial charge in [-0.1, -0.05) is 6.92 Å². The van der Waals surface area contributed by atoms with Crippen molar-refractivity contribution in [2.75, 3.05) is 36.0 Å². The molecule has 3 aromatic heterocycles. The first-order chi connectivity index (χ1) is 15.6. The summed E-state index contributed by atoms with van der Waals surface area (Å²) in [5, 5.41) is 6.19. The summed E-state index contributed by atoms with van der Waals surface area (Å²) in [6, 6.07) is 1.70. The molecular weight excluding hydrogens is 464 g/mol.